The molecule has 2 unspecified atom stereocenters. The Morgan fingerprint density at radius 1 is 1.38 bits per heavy atom. The zero-order valence-corrected chi connectivity index (χ0v) is 14.3. The minimum atomic E-state index is -2.91. The lowest BCUT2D eigenvalue weighted by atomic mass is 10.1. The van der Waals surface area contributed by atoms with Crippen LogP contribution in [0.3, 0.4) is 0 Å². The van der Waals surface area contributed by atoms with Crippen LogP contribution in [-0.4, -0.2) is 25.2 Å². The van der Waals surface area contributed by atoms with Gasteiger partial charge in [-0.3, -0.25) is 4.79 Å². The molecule has 3 N–H and O–H groups in total. The van der Waals surface area contributed by atoms with Crippen molar-refractivity contribution in [2.24, 2.45) is 11.7 Å². The molecule has 0 saturated heterocycles. The number of nitrogens with two attached hydrogens (primary N) is 1. The zero-order valence-electron chi connectivity index (χ0n) is 13.5. The molecule has 0 heterocycles. The Balaban J connectivity index is 0.00000288. The van der Waals surface area contributed by atoms with Crippen molar-refractivity contribution in [2.45, 2.75) is 45.4 Å². The number of ether oxygens (including phenoxy) is 2. The number of nitrogens with one attached hydrogen (secondary N) is 1. The number of amides is 1. The van der Waals surface area contributed by atoms with Gasteiger partial charge in [0.2, 0.25) is 5.91 Å². The summed E-state index contributed by atoms with van der Waals surface area (Å²) in [5, 5.41) is 2.85. The molecular formula is C16H23ClF2N2O3. The molecule has 1 amide bonds. The number of halogens is 3. The van der Waals surface area contributed by atoms with Crippen LogP contribution in [0.4, 0.5) is 8.78 Å². The van der Waals surface area contributed by atoms with Crippen molar-refractivity contribution in [3.63, 3.8) is 0 Å². The van der Waals surface area contributed by atoms with Crippen molar-refractivity contribution < 1.29 is 23.0 Å². The standard InChI is InChI=1S/C16H22F2N2O3.ClH/c1-2-22-14-7-10(3-6-13(14)23-16(17)18)9-20-15(21)11-4-5-12(19)8-11;/h3,6-7,11-12,16H,2,4-5,8-9,19H2,1H3,(H,20,21);1H. The molecule has 1 aliphatic rings. The summed E-state index contributed by atoms with van der Waals surface area (Å²) < 4.78 is 34.4. The Morgan fingerprint density at radius 3 is 2.71 bits per heavy atom. The minimum absolute atomic E-state index is 0. The second-order valence-electron chi connectivity index (χ2n) is 5.58. The van der Waals surface area contributed by atoms with Gasteiger partial charge >= 0.3 is 6.61 Å². The van der Waals surface area contributed by atoms with Gasteiger partial charge in [0.15, 0.2) is 11.5 Å². The summed E-state index contributed by atoms with van der Waals surface area (Å²) in [7, 11) is 0. The van der Waals surface area contributed by atoms with Gasteiger partial charge in [0.05, 0.1) is 6.61 Å². The predicted molar refractivity (Wildman–Crippen MR) is 88.7 cm³/mol. The SMILES string of the molecule is CCOc1cc(CNC(=O)C2CCC(N)C2)ccc1OC(F)F.Cl. The molecule has 8 heteroatoms. The largest absolute Gasteiger partial charge is 0.490 e. The highest BCUT2D eigenvalue weighted by Crippen LogP contribution is 2.30. The Bertz CT molecular complexity index is 546. The third-order valence-corrected chi connectivity index (χ3v) is 3.83. The number of carbonyl (C=O) groups is 1. The first-order chi connectivity index (χ1) is 11.0. The van der Waals surface area contributed by atoms with Crippen LogP contribution in [0.2, 0.25) is 0 Å². The van der Waals surface area contributed by atoms with E-state index in [-0.39, 0.29) is 41.8 Å². The summed E-state index contributed by atoms with van der Waals surface area (Å²) >= 11 is 0. The number of rotatable bonds is 7. The van der Waals surface area contributed by atoms with Crippen LogP contribution in [-0.2, 0) is 11.3 Å². The van der Waals surface area contributed by atoms with Crippen LogP contribution in [0.15, 0.2) is 18.2 Å². The van der Waals surface area contributed by atoms with Crippen LogP contribution in [0.5, 0.6) is 11.5 Å². The van der Waals surface area contributed by atoms with E-state index in [1.807, 2.05) is 0 Å². The Hall–Kier alpha value is -1.60. The van der Waals surface area contributed by atoms with E-state index in [1.165, 1.54) is 6.07 Å². The molecule has 5 nitrogen and oxygen atoms in total. The molecule has 2 atom stereocenters. The Morgan fingerprint density at radius 2 is 2.12 bits per heavy atom. The topological polar surface area (TPSA) is 73.6 Å². The second kappa shape index (κ2) is 9.64. The van der Waals surface area contributed by atoms with Crippen LogP contribution in [0, 0.1) is 5.92 Å². The lowest BCUT2D eigenvalue weighted by Gasteiger charge is -2.14. The number of carbonyl (C=O) groups excluding carboxylic acids is 1. The molecule has 0 bridgehead atoms. The lowest BCUT2D eigenvalue weighted by molar-refractivity contribution is -0.125. The van der Waals surface area contributed by atoms with Gasteiger partial charge in [-0.05, 0) is 43.9 Å². The fraction of sp³-hybridized carbons (Fsp3) is 0.562. The summed E-state index contributed by atoms with van der Waals surface area (Å²) in [6, 6.07) is 4.74. The quantitative estimate of drug-likeness (QED) is 0.780. The maximum absolute atomic E-state index is 12.4. The van der Waals surface area contributed by atoms with Crippen molar-refractivity contribution in [2.75, 3.05) is 6.61 Å². The monoisotopic (exact) mass is 364 g/mol. The molecule has 0 aliphatic heterocycles. The third-order valence-electron chi connectivity index (χ3n) is 3.83. The van der Waals surface area contributed by atoms with E-state index in [1.54, 1.807) is 19.1 Å². The molecule has 0 aromatic heterocycles. The first kappa shape index (κ1) is 20.4. The second-order valence-corrected chi connectivity index (χ2v) is 5.58. The summed E-state index contributed by atoms with van der Waals surface area (Å²) in [5.74, 6) is 0.155. The zero-order chi connectivity index (χ0) is 16.8. The smallest absolute Gasteiger partial charge is 0.387 e. The van der Waals surface area contributed by atoms with Gasteiger partial charge in [0, 0.05) is 18.5 Å². The summed E-state index contributed by atoms with van der Waals surface area (Å²) in [6.45, 7) is -0.523. The maximum Gasteiger partial charge on any atom is 0.387 e. The van der Waals surface area contributed by atoms with Gasteiger partial charge < -0.3 is 20.5 Å². The van der Waals surface area contributed by atoms with Crippen molar-refractivity contribution >= 4 is 18.3 Å². The van der Waals surface area contributed by atoms with E-state index in [4.69, 9.17) is 10.5 Å². The van der Waals surface area contributed by atoms with E-state index in [9.17, 15) is 13.6 Å². The van der Waals surface area contributed by atoms with Crippen molar-refractivity contribution in [1.82, 2.24) is 5.32 Å². The fourth-order valence-electron chi connectivity index (χ4n) is 2.71. The van der Waals surface area contributed by atoms with Gasteiger partial charge in [-0.25, -0.2) is 0 Å². The first-order valence-corrected chi connectivity index (χ1v) is 7.73. The summed E-state index contributed by atoms with van der Waals surface area (Å²) in [6.07, 6.45) is 2.38. The lowest BCUT2D eigenvalue weighted by Crippen LogP contribution is -2.30. The number of alkyl halides is 2. The predicted octanol–water partition coefficient (Wildman–Crippen LogP) is 2.85. The van der Waals surface area contributed by atoms with Crippen molar-refractivity contribution in [3.8, 4) is 11.5 Å². The maximum atomic E-state index is 12.4. The average Bonchev–Trinajstić information content (AvgIpc) is 2.93. The molecule has 1 aromatic rings. The average molecular weight is 365 g/mol. The highest BCUT2D eigenvalue weighted by atomic mass is 35.5. The van der Waals surface area contributed by atoms with E-state index < -0.39 is 6.61 Å². The van der Waals surface area contributed by atoms with E-state index in [2.05, 4.69) is 10.1 Å². The Labute approximate surface area is 146 Å². The molecule has 1 saturated carbocycles. The molecule has 1 aliphatic carbocycles. The molecular weight excluding hydrogens is 342 g/mol. The Kier molecular flexibility index (Phi) is 8.21. The van der Waals surface area contributed by atoms with E-state index >= 15 is 0 Å². The minimum Gasteiger partial charge on any atom is -0.490 e. The van der Waals surface area contributed by atoms with Crippen LogP contribution in [0.1, 0.15) is 31.7 Å². The highest BCUT2D eigenvalue weighted by Gasteiger charge is 2.27. The van der Waals surface area contributed by atoms with Crippen molar-refractivity contribution in [3.05, 3.63) is 23.8 Å². The molecule has 0 radical (unpaired) electrons. The molecule has 0 spiro atoms. The third kappa shape index (κ3) is 5.79. The van der Waals surface area contributed by atoms with E-state index in [0.29, 0.717) is 19.6 Å². The molecule has 2 rings (SSSR count). The van der Waals surface area contributed by atoms with Crippen LogP contribution in [0.25, 0.3) is 0 Å². The fourth-order valence-corrected chi connectivity index (χ4v) is 2.71. The number of hydrogen-bond acceptors (Lipinski definition) is 4. The summed E-state index contributed by atoms with van der Waals surface area (Å²) in [4.78, 5) is 12.1. The van der Waals surface area contributed by atoms with Gasteiger partial charge in [-0.1, -0.05) is 6.07 Å². The molecule has 136 valence electrons. The molecule has 1 fully saturated rings. The van der Waals surface area contributed by atoms with Gasteiger partial charge in [-0.15, -0.1) is 12.4 Å². The number of benzene rings is 1. The van der Waals surface area contributed by atoms with Crippen LogP contribution < -0.4 is 20.5 Å². The van der Waals surface area contributed by atoms with Gasteiger partial charge in [0.1, 0.15) is 0 Å². The normalized spacial score (nSPS) is 19.7. The van der Waals surface area contributed by atoms with Crippen molar-refractivity contribution in [1.29, 1.82) is 0 Å². The summed E-state index contributed by atoms with van der Waals surface area (Å²) in [5.41, 5.74) is 6.56. The number of hydrogen-bond donors (Lipinski definition) is 2. The van der Waals surface area contributed by atoms with E-state index in [0.717, 1.165) is 18.4 Å². The molecule has 1 aromatic carbocycles. The van der Waals surface area contributed by atoms with Gasteiger partial charge in [0.25, 0.3) is 0 Å². The molecule has 24 heavy (non-hydrogen) atoms. The van der Waals surface area contributed by atoms with Crippen LogP contribution >= 0.6 is 12.4 Å². The first-order valence-electron chi connectivity index (χ1n) is 7.73. The van der Waals surface area contributed by atoms with Gasteiger partial charge in [-0.2, -0.15) is 8.78 Å². The highest BCUT2D eigenvalue weighted by molar-refractivity contribution is 5.85.